The lowest BCUT2D eigenvalue weighted by Crippen LogP contribution is -2.52. The van der Waals surface area contributed by atoms with Crippen LogP contribution < -0.4 is 9.47 Å². The Labute approximate surface area is 164 Å². The number of nitrogens with zero attached hydrogens (tertiary/aromatic N) is 2. The van der Waals surface area contributed by atoms with Crippen molar-refractivity contribution in [2.24, 2.45) is 0 Å². The first-order chi connectivity index (χ1) is 11.8. The molecule has 0 bridgehead atoms. The summed E-state index contributed by atoms with van der Waals surface area (Å²) in [5.74, 6) is 2.47. The van der Waals surface area contributed by atoms with Crippen molar-refractivity contribution in [3.05, 3.63) is 26.8 Å². The van der Waals surface area contributed by atoms with E-state index in [-0.39, 0.29) is 17.3 Å². The summed E-state index contributed by atoms with van der Waals surface area (Å²) in [6.07, 6.45) is 6.73. The Bertz CT molecular complexity index is 803. The van der Waals surface area contributed by atoms with Crippen molar-refractivity contribution in [1.29, 1.82) is 0 Å². The molecule has 0 N–H and O–H groups in total. The molecule has 6 nitrogen and oxygen atoms in total. The van der Waals surface area contributed by atoms with Crippen molar-refractivity contribution in [2.75, 3.05) is 27.8 Å². The molecular weight excluding hydrogens is 455 g/mol. The summed E-state index contributed by atoms with van der Waals surface area (Å²) >= 11 is 7.15. The van der Waals surface area contributed by atoms with Gasteiger partial charge in [0.1, 0.15) is 12.2 Å². The first-order valence-electron chi connectivity index (χ1n) is 7.07. The van der Waals surface area contributed by atoms with E-state index in [4.69, 9.17) is 28.1 Å². The van der Waals surface area contributed by atoms with Crippen LogP contribution in [-0.2, 0) is 9.59 Å². The number of thiocarbonyl (C=S) groups is 1. The molecule has 0 radical (unpaired) electrons. The number of halogens is 1. The van der Waals surface area contributed by atoms with Crippen LogP contribution in [0, 0.1) is 15.9 Å². The van der Waals surface area contributed by atoms with Crippen LogP contribution in [0.5, 0.6) is 11.5 Å². The van der Waals surface area contributed by atoms with E-state index in [0.29, 0.717) is 17.1 Å². The van der Waals surface area contributed by atoms with Crippen LogP contribution in [0.1, 0.15) is 5.56 Å². The fourth-order valence-electron chi connectivity index (χ4n) is 2.22. The van der Waals surface area contributed by atoms with Gasteiger partial charge in [-0.05, 0) is 58.6 Å². The van der Waals surface area contributed by atoms with Crippen LogP contribution in [0.25, 0.3) is 6.08 Å². The molecule has 8 heteroatoms. The smallest absolute Gasteiger partial charge is 0.265 e. The Balaban J connectivity index is 2.48. The fraction of sp³-hybridized carbons (Fsp3) is 0.235. The molecule has 1 aliphatic rings. The minimum absolute atomic E-state index is 0.0220. The molecule has 0 spiro atoms. The summed E-state index contributed by atoms with van der Waals surface area (Å²) in [5.41, 5.74) is 0.648. The topological polar surface area (TPSA) is 59.1 Å². The lowest BCUT2D eigenvalue weighted by Gasteiger charge is -2.31. The van der Waals surface area contributed by atoms with Gasteiger partial charge in [-0.1, -0.05) is 5.92 Å². The van der Waals surface area contributed by atoms with Crippen LogP contribution in [0.3, 0.4) is 0 Å². The largest absolute Gasteiger partial charge is 0.493 e. The average molecular weight is 470 g/mol. The summed E-state index contributed by atoms with van der Waals surface area (Å²) in [6, 6.07) is 3.45. The average Bonchev–Trinajstić information content (AvgIpc) is 2.60. The Morgan fingerprint density at radius 1 is 1.28 bits per heavy atom. The molecule has 1 aliphatic heterocycles. The molecule has 0 atom stereocenters. The zero-order valence-electron chi connectivity index (χ0n) is 13.8. The van der Waals surface area contributed by atoms with Gasteiger partial charge in [0.15, 0.2) is 16.6 Å². The van der Waals surface area contributed by atoms with Crippen LogP contribution in [0.15, 0.2) is 17.7 Å². The molecule has 2 amide bonds. The first-order valence-corrected chi connectivity index (χ1v) is 8.56. The van der Waals surface area contributed by atoms with E-state index in [2.05, 4.69) is 28.5 Å². The molecule has 1 aromatic carbocycles. The van der Waals surface area contributed by atoms with Crippen LogP contribution >= 0.6 is 34.8 Å². The van der Waals surface area contributed by atoms with Crippen molar-refractivity contribution in [3.8, 4) is 23.8 Å². The quantitative estimate of drug-likeness (QED) is 0.221. The number of methoxy groups -OCH3 is 1. The fourth-order valence-corrected chi connectivity index (χ4v) is 3.17. The third kappa shape index (κ3) is 3.77. The summed E-state index contributed by atoms with van der Waals surface area (Å²) < 4.78 is 11.6. The molecule has 1 aromatic rings. The van der Waals surface area contributed by atoms with Gasteiger partial charge in [-0.25, -0.2) is 0 Å². The summed E-state index contributed by atoms with van der Waals surface area (Å²) in [7, 11) is 4.56. The van der Waals surface area contributed by atoms with Gasteiger partial charge in [0.2, 0.25) is 0 Å². The van der Waals surface area contributed by atoms with Crippen molar-refractivity contribution in [2.45, 2.75) is 0 Å². The predicted molar refractivity (Wildman–Crippen MR) is 106 cm³/mol. The number of benzene rings is 1. The number of carbonyl (C=O) groups excluding carboxylic acids is 2. The third-order valence-corrected chi connectivity index (χ3v) is 4.86. The van der Waals surface area contributed by atoms with E-state index in [0.717, 1.165) is 3.57 Å². The molecule has 0 aromatic heterocycles. The molecule has 0 aliphatic carbocycles. The molecular formula is C17H15IN2O4S. The number of carbonyl (C=O) groups is 2. The molecule has 2 rings (SSSR count). The van der Waals surface area contributed by atoms with Crippen molar-refractivity contribution in [1.82, 2.24) is 9.80 Å². The number of ether oxygens (including phenoxy) is 2. The van der Waals surface area contributed by atoms with E-state index in [1.807, 2.05) is 0 Å². The normalized spacial score (nSPS) is 14.5. The van der Waals surface area contributed by atoms with Crippen LogP contribution in [0.2, 0.25) is 0 Å². The standard InChI is InChI=1S/C17H15IN2O4S/c1-5-6-24-14-12(18)8-10(9-13(14)23-4)7-11-15(21)19(2)17(25)20(3)16(11)22/h1,7-9H,6H2,2-4H3. The van der Waals surface area contributed by atoms with Crippen molar-refractivity contribution < 1.29 is 19.1 Å². The maximum atomic E-state index is 12.4. The minimum Gasteiger partial charge on any atom is -0.493 e. The van der Waals surface area contributed by atoms with Gasteiger partial charge in [0.25, 0.3) is 11.8 Å². The summed E-state index contributed by atoms with van der Waals surface area (Å²) in [4.78, 5) is 27.3. The van der Waals surface area contributed by atoms with E-state index >= 15 is 0 Å². The Morgan fingerprint density at radius 2 is 1.88 bits per heavy atom. The number of hydrogen-bond acceptors (Lipinski definition) is 5. The van der Waals surface area contributed by atoms with Crippen LogP contribution in [0.4, 0.5) is 0 Å². The lowest BCUT2D eigenvalue weighted by molar-refractivity contribution is -0.132. The molecule has 25 heavy (non-hydrogen) atoms. The second kappa shape index (κ2) is 7.84. The third-order valence-electron chi connectivity index (χ3n) is 3.51. The zero-order chi connectivity index (χ0) is 18.7. The Kier molecular flexibility index (Phi) is 6.02. The highest BCUT2D eigenvalue weighted by molar-refractivity contribution is 14.1. The Hall–Kier alpha value is -2.12. The highest BCUT2D eigenvalue weighted by Gasteiger charge is 2.35. The highest BCUT2D eigenvalue weighted by atomic mass is 127. The van der Waals surface area contributed by atoms with Crippen LogP contribution in [-0.4, -0.2) is 54.5 Å². The minimum atomic E-state index is -0.449. The van der Waals surface area contributed by atoms with Gasteiger partial charge in [-0.15, -0.1) is 6.42 Å². The second-order valence-electron chi connectivity index (χ2n) is 5.10. The van der Waals surface area contributed by atoms with E-state index in [9.17, 15) is 9.59 Å². The first kappa shape index (κ1) is 19.2. The number of terminal acetylenes is 1. The van der Waals surface area contributed by atoms with Gasteiger partial charge < -0.3 is 9.47 Å². The van der Waals surface area contributed by atoms with Crippen molar-refractivity contribution >= 4 is 57.8 Å². The SMILES string of the molecule is C#CCOc1c(I)cc(C=C2C(=O)N(C)C(=S)N(C)C2=O)cc1OC. The molecule has 1 fully saturated rings. The predicted octanol–water partition coefficient (Wildman–Crippen LogP) is 1.91. The number of likely N-dealkylation sites (N-methyl/N-ethyl adjacent to an activating group) is 2. The molecule has 1 saturated heterocycles. The van der Waals surface area contributed by atoms with Gasteiger partial charge in [-0.2, -0.15) is 0 Å². The van der Waals surface area contributed by atoms with E-state index < -0.39 is 11.8 Å². The Morgan fingerprint density at radius 3 is 2.40 bits per heavy atom. The second-order valence-corrected chi connectivity index (χ2v) is 6.62. The van der Waals surface area contributed by atoms with E-state index in [1.54, 1.807) is 12.1 Å². The maximum absolute atomic E-state index is 12.4. The molecule has 1 heterocycles. The number of rotatable bonds is 4. The van der Waals surface area contributed by atoms with Gasteiger partial charge in [-0.3, -0.25) is 19.4 Å². The number of amides is 2. The monoisotopic (exact) mass is 470 g/mol. The van der Waals surface area contributed by atoms with Gasteiger partial charge in [0, 0.05) is 14.1 Å². The van der Waals surface area contributed by atoms with Gasteiger partial charge >= 0.3 is 0 Å². The zero-order valence-corrected chi connectivity index (χ0v) is 16.8. The summed E-state index contributed by atoms with van der Waals surface area (Å²) in [6.45, 7) is 0.108. The van der Waals surface area contributed by atoms with E-state index in [1.165, 1.54) is 37.1 Å². The summed E-state index contributed by atoms with van der Waals surface area (Å²) in [5, 5.41) is 0.164. The molecule has 130 valence electrons. The van der Waals surface area contributed by atoms with Crippen molar-refractivity contribution in [3.63, 3.8) is 0 Å². The van der Waals surface area contributed by atoms with Gasteiger partial charge in [0.05, 0.1) is 10.7 Å². The number of hydrogen-bond donors (Lipinski definition) is 0. The molecule has 0 unspecified atom stereocenters. The maximum Gasteiger partial charge on any atom is 0.265 e. The highest BCUT2D eigenvalue weighted by Crippen LogP contribution is 2.35. The lowest BCUT2D eigenvalue weighted by atomic mass is 10.1. The molecule has 0 saturated carbocycles.